The zero-order valence-corrected chi connectivity index (χ0v) is 11.7. The third-order valence-corrected chi connectivity index (χ3v) is 3.94. The number of halogens is 2. The first-order chi connectivity index (χ1) is 8.56. The molecule has 98 valence electrons. The van der Waals surface area contributed by atoms with Crippen LogP contribution in [0.5, 0.6) is 0 Å². The van der Waals surface area contributed by atoms with Gasteiger partial charge in [0.15, 0.2) is 0 Å². The second-order valence-electron chi connectivity index (χ2n) is 4.55. The van der Waals surface area contributed by atoms with Gasteiger partial charge in [0.25, 0.3) is 5.91 Å². The van der Waals surface area contributed by atoms with E-state index in [-0.39, 0.29) is 11.2 Å². The first kappa shape index (κ1) is 13.5. The van der Waals surface area contributed by atoms with Gasteiger partial charge in [0, 0.05) is 18.1 Å². The zero-order chi connectivity index (χ0) is 13.2. The molecule has 0 heterocycles. The van der Waals surface area contributed by atoms with Gasteiger partial charge in [-0.15, -0.1) is 0 Å². The minimum absolute atomic E-state index is 0.0509. The maximum absolute atomic E-state index is 13.5. The summed E-state index contributed by atoms with van der Waals surface area (Å²) < 4.78 is 19.6. The Balaban J connectivity index is 2.01. The second kappa shape index (κ2) is 5.36. The molecule has 0 atom stereocenters. The van der Waals surface area contributed by atoms with Crippen LogP contribution in [0.25, 0.3) is 0 Å². The number of carbonyl (C=O) groups is 1. The maximum atomic E-state index is 13.5. The molecule has 0 radical (unpaired) electrons. The third kappa shape index (κ3) is 2.72. The van der Waals surface area contributed by atoms with Crippen LogP contribution in [-0.2, 0) is 4.74 Å². The lowest BCUT2D eigenvalue weighted by Gasteiger charge is -2.40. The van der Waals surface area contributed by atoms with E-state index in [2.05, 4.69) is 21.2 Å². The molecule has 1 fully saturated rings. The normalized spacial score (nSPS) is 17.1. The van der Waals surface area contributed by atoms with Gasteiger partial charge in [-0.05, 0) is 37.5 Å². The average molecular weight is 316 g/mol. The lowest BCUT2D eigenvalue weighted by molar-refractivity contribution is -0.0679. The van der Waals surface area contributed by atoms with Crippen LogP contribution < -0.4 is 5.32 Å². The third-order valence-electron chi connectivity index (χ3n) is 3.44. The van der Waals surface area contributed by atoms with Crippen LogP contribution in [-0.4, -0.2) is 25.2 Å². The molecule has 2 rings (SSSR count). The van der Waals surface area contributed by atoms with Crippen molar-refractivity contribution < 1.29 is 13.9 Å². The topological polar surface area (TPSA) is 38.3 Å². The van der Waals surface area contributed by atoms with E-state index < -0.39 is 11.7 Å². The molecule has 1 N–H and O–H groups in total. The van der Waals surface area contributed by atoms with Crippen molar-refractivity contribution in [2.24, 2.45) is 0 Å². The molecule has 0 bridgehead atoms. The summed E-state index contributed by atoms with van der Waals surface area (Å²) in [5.41, 5.74) is -0.201. The van der Waals surface area contributed by atoms with Gasteiger partial charge in [0.05, 0.1) is 11.2 Å². The van der Waals surface area contributed by atoms with Crippen LogP contribution in [0.1, 0.15) is 29.6 Å². The number of hydrogen-bond acceptors (Lipinski definition) is 2. The maximum Gasteiger partial charge on any atom is 0.254 e. The van der Waals surface area contributed by atoms with E-state index >= 15 is 0 Å². The van der Waals surface area contributed by atoms with Gasteiger partial charge in [-0.25, -0.2) is 4.39 Å². The first-order valence-corrected chi connectivity index (χ1v) is 6.64. The molecule has 0 aliphatic heterocycles. The summed E-state index contributed by atoms with van der Waals surface area (Å²) in [6, 6.07) is 4.31. The summed E-state index contributed by atoms with van der Waals surface area (Å²) in [6.45, 7) is 0.425. The molecule has 1 aliphatic carbocycles. The summed E-state index contributed by atoms with van der Waals surface area (Å²) in [7, 11) is 1.64. The van der Waals surface area contributed by atoms with Crippen molar-refractivity contribution in [3.05, 3.63) is 34.1 Å². The molecule has 0 aromatic heterocycles. The van der Waals surface area contributed by atoms with Crippen molar-refractivity contribution in [1.82, 2.24) is 5.32 Å². The summed E-state index contributed by atoms with van der Waals surface area (Å²) in [6.07, 6.45) is 2.98. The SMILES string of the molecule is COC1(CNC(=O)c2cc(Br)ccc2F)CCC1. The molecule has 18 heavy (non-hydrogen) atoms. The number of carbonyl (C=O) groups excluding carboxylic acids is 1. The molecular formula is C13H15BrFNO2. The molecule has 1 amide bonds. The van der Waals surface area contributed by atoms with E-state index in [4.69, 9.17) is 4.74 Å². The van der Waals surface area contributed by atoms with Crippen molar-refractivity contribution in [3.63, 3.8) is 0 Å². The van der Waals surface area contributed by atoms with Gasteiger partial charge in [-0.2, -0.15) is 0 Å². The molecule has 1 aliphatic rings. The Labute approximate surface area is 114 Å². The Morgan fingerprint density at radius 3 is 2.83 bits per heavy atom. The second-order valence-corrected chi connectivity index (χ2v) is 5.46. The first-order valence-electron chi connectivity index (χ1n) is 5.85. The highest BCUT2D eigenvalue weighted by molar-refractivity contribution is 9.10. The number of ether oxygens (including phenoxy) is 1. The van der Waals surface area contributed by atoms with Crippen molar-refractivity contribution >= 4 is 21.8 Å². The van der Waals surface area contributed by atoms with Crippen molar-refractivity contribution in [2.45, 2.75) is 24.9 Å². The van der Waals surface area contributed by atoms with E-state index in [1.54, 1.807) is 13.2 Å². The standard InChI is InChI=1S/C13H15BrFNO2/c1-18-13(5-2-6-13)8-16-12(17)10-7-9(14)3-4-11(10)15/h3-4,7H,2,5-6,8H2,1H3,(H,16,17). The van der Waals surface area contributed by atoms with Crippen molar-refractivity contribution in [2.75, 3.05) is 13.7 Å². The number of hydrogen-bond donors (Lipinski definition) is 1. The van der Waals surface area contributed by atoms with E-state index in [1.807, 2.05) is 0 Å². The quantitative estimate of drug-likeness (QED) is 0.927. The smallest absolute Gasteiger partial charge is 0.254 e. The van der Waals surface area contributed by atoms with E-state index in [1.165, 1.54) is 12.1 Å². The predicted octanol–water partition coefficient (Wildman–Crippen LogP) is 2.89. The van der Waals surface area contributed by atoms with Gasteiger partial charge in [-0.1, -0.05) is 15.9 Å². The fraction of sp³-hybridized carbons (Fsp3) is 0.462. The van der Waals surface area contributed by atoms with E-state index in [0.29, 0.717) is 11.0 Å². The van der Waals surface area contributed by atoms with Crippen LogP contribution in [0.2, 0.25) is 0 Å². The zero-order valence-electron chi connectivity index (χ0n) is 10.1. The lowest BCUT2D eigenvalue weighted by atomic mass is 9.80. The lowest BCUT2D eigenvalue weighted by Crippen LogP contribution is -2.49. The van der Waals surface area contributed by atoms with Crippen LogP contribution in [0, 0.1) is 5.82 Å². The Bertz CT molecular complexity index is 455. The highest BCUT2D eigenvalue weighted by atomic mass is 79.9. The summed E-state index contributed by atoms with van der Waals surface area (Å²) in [4.78, 5) is 11.9. The fourth-order valence-corrected chi connectivity index (χ4v) is 2.39. The Kier molecular flexibility index (Phi) is 4.02. The number of nitrogens with one attached hydrogen (secondary N) is 1. The molecular weight excluding hydrogens is 301 g/mol. The summed E-state index contributed by atoms with van der Waals surface area (Å²) in [5.74, 6) is -0.923. The molecule has 0 saturated heterocycles. The van der Waals surface area contributed by atoms with E-state index in [9.17, 15) is 9.18 Å². The summed E-state index contributed by atoms with van der Waals surface area (Å²) >= 11 is 3.22. The molecule has 0 unspecified atom stereocenters. The Morgan fingerprint density at radius 2 is 2.28 bits per heavy atom. The van der Waals surface area contributed by atoms with Gasteiger partial charge < -0.3 is 10.1 Å². The molecule has 5 heteroatoms. The monoisotopic (exact) mass is 315 g/mol. The molecule has 1 aromatic rings. The molecule has 0 spiro atoms. The van der Waals surface area contributed by atoms with Gasteiger partial charge >= 0.3 is 0 Å². The van der Waals surface area contributed by atoms with Crippen LogP contribution in [0.15, 0.2) is 22.7 Å². The molecule has 3 nitrogen and oxygen atoms in total. The Morgan fingerprint density at radius 1 is 1.56 bits per heavy atom. The predicted molar refractivity (Wildman–Crippen MR) is 70.0 cm³/mol. The van der Waals surface area contributed by atoms with Crippen LogP contribution in [0.4, 0.5) is 4.39 Å². The minimum Gasteiger partial charge on any atom is -0.376 e. The van der Waals surface area contributed by atoms with Gasteiger partial charge in [-0.3, -0.25) is 4.79 Å². The van der Waals surface area contributed by atoms with E-state index in [0.717, 1.165) is 19.3 Å². The number of benzene rings is 1. The van der Waals surface area contributed by atoms with Crippen molar-refractivity contribution in [1.29, 1.82) is 0 Å². The number of methoxy groups -OCH3 is 1. The number of rotatable bonds is 4. The number of amides is 1. The highest BCUT2D eigenvalue weighted by Crippen LogP contribution is 2.34. The Hall–Kier alpha value is -0.940. The van der Waals surface area contributed by atoms with Gasteiger partial charge in [0.2, 0.25) is 0 Å². The minimum atomic E-state index is -0.518. The van der Waals surface area contributed by atoms with Crippen molar-refractivity contribution in [3.8, 4) is 0 Å². The molecule has 1 aromatic carbocycles. The van der Waals surface area contributed by atoms with Crippen LogP contribution in [0.3, 0.4) is 0 Å². The van der Waals surface area contributed by atoms with Crippen LogP contribution >= 0.6 is 15.9 Å². The highest BCUT2D eigenvalue weighted by Gasteiger charge is 2.37. The fourth-order valence-electron chi connectivity index (χ4n) is 2.03. The largest absolute Gasteiger partial charge is 0.376 e. The average Bonchev–Trinajstić information content (AvgIpc) is 2.31. The summed E-state index contributed by atoms with van der Waals surface area (Å²) in [5, 5.41) is 2.74. The molecule has 1 saturated carbocycles. The van der Waals surface area contributed by atoms with Gasteiger partial charge in [0.1, 0.15) is 5.82 Å².